The molecular weight excluding hydrogens is 664 g/mol. The molecule has 0 fully saturated rings. The van der Waals surface area contributed by atoms with E-state index in [0.29, 0.717) is 0 Å². The monoisotopic (exact) mass is 675 g/mol. The van der Waals surface area contributed by atoms with Crippen molar-refractivity contribution in [3.05, 3.63) is 41.7 Å². The van der Waals surface area contributed by atoms with Gasteiger partial charge in [-0.3, -0.25) is 4.79 Å². The fourth-order valence-electron chi connectivity index (χ4n) is 1.13. The van der Waals surface area contributed by atoms with E-state index < -0.39 is 12.0 Å². The van der Waals surface area contributed by atoms with Crippen molar-refractivity contribution in [3.63, 3.8) is 0 Å². The Bertz CT molecular complexity index is 362. The average molecular weight is 676 g/mol. The van der Waals surface area contributed by atoms with Crippen molar-refractivity contribution >= 4 is 28.3 Å². The van der Waals surface area contributed by atoms with Gasteiger partial charge in [-0.1, -0.05) is 28.1 Å². The van der Waals surface area contributed by atoms with E-state index in [9.17, 15) is 9.59 Å². The van der Waals surface area contributed by atoms with Crippen LogP contribution in [0.4, 0.5) is 0 Å². The van der Waals surface area contributed by atoms with Crippen LogP contribution < -0.4 is 74.2 Å². The van der Waals surface area contributed by atoms with Gasteiger partial charge in [0.05, 0.1) is 0 Å². The Balaban J connectivity index is -0.000000750. The summed E-state index contributed by atoms with van der Waals surface area (Å²) < 4.78 is 0.924. The molecule has 4 nitrogen and oxygen atoms in total. The molecule has 1 aromatic carbocycles. The molecule has 0 aliphatic heterocycles. The number of carbonyl (C=O) groups excluding carboxylic acids is 1. The van der Waals surface area contributed by atoms with Gasteiger partial charge in [0.25, 0.3) is 0 Å². The molecule has 0 saturated carbocycles. The molecule has 0 aliphatic carbocycles. The number of halogens is 1. The van der Waals surface area contributed by atoms with Crippen LogP contribution in [0.25, 0.3) is 0 Å². The summed E-state index contributed by atoms with van der Waals surface area (Å²) in [5.74, 6) is -1.07. The first-order valence-electron chi connectivity index (χ1n) is 4.23. The van der Waals surface area contributed by atoms with Crippen LogP contribution in [-0.2, 0) is 16.0 Å². The predicted molar refractivity (Wildman–Crippen MR) is 64.5 cm³/mol. The molecule has 1 atom stereocenters. The molecule has 18 heavy (non-hydrogen) atoms. The van der Waals surface area contributed by atoms with Crippen LogP contribution in [0, 0.1) is 7.43 Å². The van der Waals surface area contributed by atoms with Crippen LogP contribution in [0.3, 0.4) is 0 Å². The van der Waals surface area contributed by atoms with Crippen molar-refractivity contribution in [1.82, 2.24) is 5.32 Å². The first kappa shape index (κ1) is 22.8. The standard InChI is InChI=1S/C10H9BrNO3.CH3.Cs.Fm/c11-8-3-1-7(2-4-8)5-9(10(14)15)12-6-13;;;/h1-4,9H,5H2,(H,12,13)(H,14,15);1H3;;/q2*-1;+1;/t9-;;;/m0.../s1. The number of amides is 1. The Labute approximate surface area is 168 Å². The van der Waals surface area contributed by atoms with Gasteiger partial charge in [0.2, 0.25) is 0 Å². The summed E-state index contributed by atoms with van der Waals surface area (Å²) in [5, 5.41) is 10.9. The van der Waals surface area contributed by atoms with Crippen molar-refractivity contribution in [3.8, 4) is 0 Å². The van der Waals surface area contributed by atoms with E-state index in [1.165, 1.54) is 6.41 Å². The fraction of sp³-hybridized carbons (Fsp3) is 0.182. The molecule has 7 heteroatoms. The molecular formula is C11H12BrCsFmNO3-. The summed E-state index contributed by atoms with van der Waals surface area (Å²) >= 11 is 3.28. The summed E-state index contributed by atoms with van der Waals surface area (Å²) in [4.78, 5) is 20.8. The Hall–Kier alpha value is -0.308. The van der Waals surface area contributed by atoms with E-state index in [1.807, 2.05) is 12.1 Å². The minimum absolute atomic E-state index is 0. The van der Waals surface area contributed by atoms with E-state index in [0.717, 1.165) is 10.0 Å². The molecule has 0 unspecified atom stereocenters. The molecule has 0 saturated heterocycles. The topological polar surface area (TPSA) is 66.4 Å². The SMILES string of the molecule is O=[C-]N[C@@H](Cc1ccc(Br)cc1)C(=O)O.[CH3-].[Cs+].[Fm]. The number of carbonyl (C=O) groups is 1. The predicted octanol–water partition coefficient (Wildman–Crippen LogP) is -1.44. The number of hydrogen-bond donors (Lipinski definition) is 2. The number of aliphatic carboxylic acids is 1. The number of carboxylic acids is 1. The molecule has 1 amide bonds. The van der Waals surface area contributed by atoms with Crippen molar-refractivity contribution < 1.29 is 83.6 Å². The minimum Gasteiger partial charge on any atom is -0.520 e. The molecule has 0 heterocycles. The van der Waals surface area contributed by atoms with Gasteiger partial charge in [-0.05, 0) is 17.7 Å². The minimum atomic E-state index is -1.07. The van der Waals surface area contributed by atoms with Crippen molar-refractivity contribution in [2.24, 2.45) is 0 Å². The zero-order chi connectivity index (χ0) is 11.3. The van der Waals surface area contributed by atoms with E-state index in [1.54, 1.807) is 12.1 Å². The summed E-state index contributed by atoms with van der Waals surface area (Å²) in [6.07, 6.45) is 1.64. The third kappa shape index (κ3) is 7.91. The fourth-order valence-corrected chi connectivity index (χ4v) is 1.39. The molecule has 0 spiro atoms. The summed E-state index contributed by atoms with van der Waals surface area (Å²) in [5.41, 5.74) is 0.841. The number of benzene rings is 1. The van der Waals surface area contributed by atoms with Gasteiger partial charge < -0.3 is 22.6 Å². The zero-order valence-electron chi connectivity index (χ0n) is 10.0. The molecule has 0 aliphatic rings. The average Bonchev–Trinajstić information content (AvgIpc) is 2.20. The largest absolute Gasteiger partial charge is 1.00 e. The second-order valence-electron chi connectivity index (χ2n) is 2.97. The smallest absolute Gasteiger partial charge is 0.520 e. The van der Waals surface area contributed by atoms with Crippen LogP contribution in [0.2, 0.25) is 0 Å². The number of nitrogens with one attached hydrogen (secondary N) is 1. The van der Waals surface area contributed by atoms with Crippen LogP contribution in [0.1, 0.15) is 5.56 Å². The zero-order valence-corrected chi connectivity index (χ0v) is 20.3. The molecule has 1 rings (SSSR count). The van der Waals surface area contributed by atoms with Gasteiger partial charge in [0.15, 0.2) is 0 Å². The van der Waals surface area contributed by atoms with Gasteiger partial charge in [-0.25, -0.2) is 0 Å². The first-order valence-corrected chi connectivity index (χ1v) is 5.02. The molecule has 0 aromatic heterocycles. The van der Waals surface area contributed by atoms with E-state index in [-0.39, 0.29) is 82.7 Å². The van der Waals surface area contributed by atoms with Crippen molar-refractivity contribution in [2.75, 3.05) is 0 Å². The Kier molecular flexibility index (Phi) is 14.9. The third-order valence-electron chi connectivity index (χ3n) is 1.88. The van der Waals surface area contributed by atoms with Crippen molar-refractivity contribution in [2.45, 2.75) is 12.5 Å². The first-order chi connectivity index (χ1) is 7.13. The van der Waals surface area contributed by atoms with Gasteiger partial charge >= 0.3 is 74.9 Å². The third-order valence-corrected chi connectivity index (χ3v) is 2.41. The summed E-state index contributed by atoms with van der Waals surface area (Å²) in [7, 11) is 0. The maximum atomic E-state index is 10.7. The number of hydrogen-bond acceptors (Lipinski definition) is 2. The Morgan fingerprint density at radius 3 is 2.28 bits per heavy atom. The van der Waals surface area contributed by atoms with Gasteiger partial charge in [-0.15, -0.1) is 0 Å². The molecule has 0 radical (unpaired) electrons. The van der Waals surface area contributed by atoms with Crippen molar-refractivity contribution in [1.29, 1.82) is 0 Å². The van der Waals surface area contributed by atoms with Crippen LogP contribution >= 0.6 is 15.9 Å². The summed E-state index contributed by atoms with van der Waals surface area (Å²) in [6, 6.07) is 6.31. The van der Waals surface area contributed by atoms with Gasteiger partial charge in [-0.2, -0.15) is 6.41 Å². The second kappa shape index (κ2) is 11.8. The summed E-state index contributed by atoms with van der Waals surface area (Å²) in [6.45, 7) is 0. The Morgan fingerprint density at radius 1 is 1.39 bits per heavy atom. The number of rotatable bonds is 5. The number of carboxylic acid groups (broad SMARTS) is 1. The van der Waals surface area contributed by atoms with Gasteiger partial charge in [0.1, 0.15) is 6.04 Å². The molecule has 2 N–H and O–H groups in total. The maximum absolute atomic E-state index is 10.7. The second-order valence-corrected chi connectivity index (χ2v) is 3.88. The van der Waals surface area contributed by atoms with Gasteiger partial charge in [0, 0.05) is 10.9 Å². The Morgan fingerprint density at radius 2 is 1.89 bits per heavy atom. The molecule has 100 valence electrons. The maximum Gasteiger partial charge on any atom is 1.00 e. The van der Waals surface area contributed by atoms with Crippen LogP contribution in [0.15, 0.2) is 28.7 Å². The van der Waals surface area contributed by atoms with E-state index in [2.05, 4.69) is 21.2 Å². The van der Waals surface area contributed by atoms with Crippen LogP contribution in [-0.4, -0.2) is 23.5 Å². The van der Waals surface area contributed by atoms with E-state index >= 15 is 0 Å². The quantitative estimate of drug-likeness (QED) is 0.297. The van der Waals surface area contributed by atoms with Crippen LogP contribution in [0.5, 0.6) is 0 Å². The normalized spacial score (nSPS) is 9.83. The van der Waals surface area contributed by atoms with E-state index in [4.69, 9.17) is 5.11 Å². The molecule has 0 bridgehead atoms. The molecule has 1 aromatic rings.